The fraction of sp³-hybridized carbons (Fsp3) is 0.533. The summed E-state index contributed by atoms with van der Waals surface area (Å²) in [7, 11) is 1.53. The molecule has 2 N–H and O–H groups in total. The molecule has 1 unspecified atom stereocenters. The third-order valence-corrected chi connectivity index (χ3v) is 3.78. The average Bonchev–Trinajstić information content (AvgIpc) is 2.48. The molecule has 5 heteroatoms. The maximum Gasteiger partial charge on any atom is 0.255 e. The van der Waals surface area contributed by atoms with E-state index in [2.05, 4.69) is 5.32 Å². The molecule has 0 bridgehead atoms. The van der Waals surface area contributed by atoms with Crippen LogP contribution in [0.1, 0.15) is 30.1 Å². The van der Waals surface area contributed by atoms with Crippen molar-refractivity contribution in [1.29, 1.82) is 0 Å². The molecule has 110 valence electrons. The van der Waals surface area contributed by atoms with Crippen molar-refractivity contribution in [2.75, 3.05) is 20.3 Å². The summed E-state index contributed by atoms with van der Waals surface area (Å²) < 4.78 is 10.4. The van der Waals surface area contributed by atoms with Crippen molar-refractivity contribution < 1.29 is 19.4 Å². The number of carbonyl (C=O) groups excluding carboxylic acids is 1. The summed E-state index contributed by atoms with van der Waals surface area (Å²) in [5.41, 5.74) is 0.239. The van der Waals surface area contributed by atoms with E-state index in [1.807, 2.05) is 6.92 Å². The van der Waals surface area contributed by atoms with E-state index < -0.39 is 0 Å². The molecule has 5 nitrogen and oxygen atoms in total. The monoisotopic (exact) mass is 279 g/mol. The first-order chi connectivity index (χ1) is 9.61. The van der Waals surface area contributed by atoms with Crippen molar-refractivity contribution in [2.24, 2.45) is 5.92 Å². The Kier molecular flexibility index (Phi) is 4.84. The molecule has 1 saturated heterocycles. The second kappa shape index (κ2) is 6.61. The van der Waals surface area contributed by atoms with Gasteiger partial charge >= 0.3 is 0 Å². The standard InChI is InChI=1S/C15H21NO4/c1-10(11-5-7-20-8-6-11)16-15(18)13-9-12(19-2)3-4-14(13)17/h3-4,9-11,17H,5-8H2,1-2H3,(H,16,18). The second-order valence-electron chi connectivity index (χ2n) is 5.10. The third kappa shape index (κ3) is 3.42. The Labute approximate surface area is 118 Å². The van der Waals surface area contributed by atoms with E-state index in [4.69, 9.17) is 9.47 Å². The van der Waals surface area contributed by atoms with Crippen LogP contribution in [0.5, 0.6) is 11.5 Å². The predicted molar refractivity (Wildman–Crippen MR) is 75.1 cm³/mol. The molecule has 1 aromatic rings. The number of phenols is 1. The highest BCUT2D eigenvalue weighted by Gasteiger charge is 2.23. The van der Waals surface area contributed by atoms with Gasteiger partial charge in [0, 0.05) is 19.3 Å². The minimum atomic E-state index is -0.277. The molecule has 1 fully saturated rings. The Bertz CT molecular complexity index is 469. The van der Waals surface area contributed by atoms with E-state index in [0.717, 1.165) is 26.1 Å². The lowest BCUT2D eigenvalue weighted by atomic mass is 9.92. The summed E-state index contributed by atoms with van der Waals surface area (Å²) in [6, 6.07) is 4.68. The van der Waals surface area contributed by atoms with E-state index >= 15 is 0 Å². The molecular formula is C15H21NO4. The van der Waals surface area contributed by atoms with E-state index in [9.17, 15) is 9.90 Å². The number of hydrogen-bond acceptors (Lipinski definition) is 4. The Morgan fingerprint density at radius 3 is 2.80 bits per heavy atom. The Balaban J connectivity index is 2.03. The largest absolute Gasteiger partial charge is 0.507 e. The smallest absolute Gasteiger partial charge is 0.255 e. The molecule has 1 aromatic carbocycles. The van der Waals surface area contributed by atoms with E-state index in [1.54, 1.807) is 12.1 Å². The molecule has 2 rings (SSSR count). The van der Waals surface area contributed by atoms with Crippen LogP contribution >= 0.6 is 0 Å². The minimum Gasteiger partial charge on any atom is -0.507 e. The lowest BCUT2D eigenvalue weighted by Crippen LogP contribution is -2.40. The van der Waals surface area contributed by atoms with Gasteiger partial charge in [-0.2, -0.15) is 0 Å². The van der Waals surface area contributed by atoms with Gasteiger partial charge in [-0.15, -0.1) is 0 Å². The lowest BCUT2D eigenvalue weighted by Gasteiger charge is -2.28. The zero-order chi connectivity index (χ0) is 14.5. The molecule has 0 radical (unpaired) electrons. The lowest BCUT2D eigenvalue weighted by molar-refractivity contribution is 0.0538. The minimum absolute atomic E-state index is 0.0394. The molecular weight excluding hydrogens is 258 g/mol. The average molecular weight is 279 g/mol. The first-order valence-electron chi connectivity index (χ1n) is 6.87. The van der Waals surface area contributed by atoms with E-state index in [1.165, 1.54) is 13.2 Å². The topological polar surface area (TPSA) is 67.8 Å². The van der Waals surface area contributed by atoms with Gasteiger partial charge in [-0.3, -0.25) is 4.79 Å². The molecule has 1 amide bonds. The third-order valence-electron chi connectivity index (χ3n) is 3.78. The summed E-state index contributed by atoms with van der Waals surface area (Å²) in [5.74, 6) is 0.648. The van der Waals surface area contributed by atoms with Crippen molar-refractivity contribution in [2.45, 2.75) is 25.8 Å². The van der Waals surface area contributed by atoms with E-state index in [0.29, 0.717) is 11.7 Å². The van der Waals surface area contributed by atoms with Crippen LogP contribution in [0.3, 0.4) is 0 Å². The fourth-order valence-electron chi connectivity index (χ4n) is 2.44. The van der Waals surface area contributed by atoms with Gasteiger partial charge < -0.3 is 19.9 Å². The summed E-state index contributed by atoms with van der Waals surface area (Å²) in [6.07, 6.45) is 1.90. The number of benzene rings is 1. The number of hydrogen-bond donors (Lipinski definition) is 2. The highest BCUT2D eigenvalue weighted by atomic mass is 16.5. The maximum absolute atomic E-state index is 12.2. The van der Waals surface area contributed by atoms with Crippen LogP contribution in [-0.4, -0.2) is 37.4 Å². The molecule has 0 saturated carbocycles. The number of rotatable bonds is 4. The van der Waals surface area contributed by atoms with Gasteiger partial charge in [0.05, 0.1) is 12.7 Å². The molecule has 20 heavy (non-hydrogen) atoms. The van der Waals surface area contributed by atoms with Crippen LogP contribution in [0.4, 0.5) is 0 Å². The Morgan fingerprint density at radius 2 is 2.15 bits per heavy atom. The van der Waals surface area contributed by atoms with Gasteiger partial charge in [-0.25, -0.2) is 0 Å². The molecule has 0 aromatic heterocycles. The maximum atomic E-state index is 12.2. The number of amides is 1. The number of methoxy groups -OCH3 is 1. The van der Waals surface area contributed by atoms with Crippen LogP contribution < -0.4 is 10.1 Å². The van der Waals surface area contributed by atoms with Crippen molar-refractivity contribution in [3.8, 4) is 11.5 Å². The summed E-state index contributed by atoms with van der Waals surface area (Å²) in [4.78, 5) is 12.2. The zero-order valence-electron chi connectivity index (χ0n) is 11.9. The van der Waals surface area contributed by atoms with Crippen LogP contribution in [0.15, 0.2) is 18.2 Å². The quantitative estimate of drug-likeness (QED) is 0.884. The summed E-state index contributed by atoms with van der Waals surface area (Å²) in [6.45, 7) is 3.48. The van der Waals surface area contributed by atoms with Crippen LogP contribution in [0.25, 0.3) is 0 Å². The number of carbonyl (C=O) groups is 1. The van der Waals surface area contributed by atoms with Crippen molar-refractivity contribution >= 4 is 5.91 Å². The van der Waals surface area contributed by atoms with Gasteiger partial charge in [0.1, 0.15) is 11.5 Å². The van der Waals surface area contributed by atoms with Gasteiger partial charge in [0.25, 0.3) is 5.91 Å². The number of aromatic hydroxyl groups is 1. The SMILES string of the molecule is COc1ccc(O)c(C(=O)NC(C)C2CCOCC2)c1. The van der Waals surface area contributed by atoms with Gasteiger partial charge in [0.2, 0.25) is 0 Å². The van der Waals surface area contributed by atoms with Crippen LogP contribution in [0, 0.1) is 5.92 Å². The fourth-order valence-corrected chi connectivity index (χ4v) is 2.44. The molecule has 1 atom stereocenters. The van der Waals surface area contributed by atoms with Crippen molar-refractivity contribution in [3.05, 3.63) is 23.8 Å². The Hall–Kier alpha value is -1.75. The molecule has 0 spiro atoms. The van der Waals surface area contributed by atoms with Gasteiger partial charge in [-0.05, 0) is 43.9 Å². The van der Waals surface area contributed by atoms with Gasteiger partial charge in [0.15, 0.2) is 0 Å². The number of phenolic OH excluding ortho intramolecular Hbond substituents is 1. The Morgan fingerprint density at radius 1 is 1.45 bits per heavy atom. The van der Waals surface area contributed by atoms with Crippen molar-refractivity contribution in [3.63, 3.8) is 0 Å². The molecule has 0 aliphatic carbocycles. The van der Waals surface area contributed by atoms with Crippen molar-refractivity contribution in [1.82, 2.24) is 5.32 Å². The zero-order valence-corrected chi connectivity index (χ0v) is 11.9. The van der Waals surface area contributed by atoms with E-state index in [-0.39, 0.29) is 23.3 Å². The van der Waals surface area contributed by atoms with Gasteiger partial charge in [-0.1, -0.05) is 0 Å². The number of ether oxygens (including phenoxy) is 2. The molecule has 1 aliphatic heterocycles. The highest BCUT2D eigenvalue weighted by molar-refractivity contribution is 5.97. The van der Waals surface area contributed by atoms with Crippen LogP contribution in [-0.2, 0) is 4.74 Å². The first-order valence-corrected chi connectivity index (χ1v) is 6.87. The highest BCUT2D eigenvalue weighted by Crippen LogP contribution is 2.24. The van der Waals surface area contributed by atoms with Crippen LogP contribution in [0.2, 0.25) is 0 Å². The molecule has 1 aliphatic rings. The first kappa shape index (κ1) is 14.7. The summed E-state index contributed by atoms with van der Waals surface area (Å²) >= 11 is 0. The second-order valence-corrected chi connectivity index (χ2v) is 5.10. The molecule has 1 heterocycles. The normalized spacial score (nSPS) is 17.5. The number of nitrogens with one attached hydrogen (secondary N) is 1. The summed E-state index contributed by atoms with van der Waals surface area (Å²) in [5, 5.41) is 12.7. The predicted octanol–water partition coefficient (Wildman–Crippen LogP) is 1.95.